The van der Waals surface area contributed by atoms with Gasteiger partial charge in [0.05, 0.1) is 4.90 Å². The summed E-state index contributed by atoms with van der Waals surface area (Å²) in [6.45, 7) is -0.171. The molecule has 0 fully saturated rings. The van der Waals surface area contributed by atoms with E-state index in [1.165, 1.54) is 13.0 Å². The number of benzene rings is 1. The number of anilines is 1. The van der Waals surface area contributed by atoms with Gasteiger partial charge in [0, 0.05) is 4.47 Å². The highest BCUT2D eigenvalue weighted by atomic mass is 79.9. The van der Waals surface area contributed by atoms with Crippen molar-refractivity contribution in [1.29, 1.82) is 0 Å². The SMILES string of the molecule is Cc1ccc(Br)cc1S(=O)(=O)Nc1c(OC(F)F)noc1C. The van der Waals surface area contributed by atoms with Crippen molar-refractivity contribution in [3.8, 4) is 5.88 Å². The van der Waals surface area contributed by atoms with Gasteiger partial charge < -0.3 is 9.26 Å². The van der Waals surface area contributed by atoms with Gasteiger partial charge in [-0.25, -0.2) is 8.42 Å². The zero-order valence-electron chi connectivity index (χ0n) is 11.4. The van der Waals surface area contributed by atoms with E-state index in [2.05, 4.69) is 35.1 Å². The van der Waals surface area contributed by atoms with Crippen molar-refractivity contribution >= 4 is 31.6 Å². The molecule has 0 aliphatic rings. The van der Waals surface area contributed by atoms with Gasteiger partial charge in [0.2, 0.25) is 0 Å². The third kappa shape index (κ3) is 3.55. The summed E-state index contributed by atoms with van der Waals surface area (Å²) in [6, 6.07) is 4.69. The van der Waals surface area contributed by atoms with Crippen molar-refractivity contribution in [2.45, 2.75) is 25.4 Å². The fourth-order valence-corrected chi connectivity index (χ4v) is 3.58. The molecule has 0 spiro atoms. The van der Waals surface area contributed by atoms with Crippen LogP contribution in [0, 0.1) is 13.8 Å². The first-order valence-electron chi connectivity index (χ1n) is 5.91. The number of aryl methyl sites for hydroxylation is 2. The van der Waals surface area contributed by atoms with Gasteiger partial charge in [0.25, 0.3) is 15.9 Å². The van der Waals surface area contributed by atoms with Gasteiger partial charge in [-0.1, -0.05) is 22.0 Å². The number of rotatable bonds is 5. The molecule has 0 aliphatic heterocycles. The van der Waals surface area contributed by atoms with Gasteiger partial charge in [-0.05, 0) is 36.7 Å². The first-order valence-corrected chi connectivity index (χ1v) is 8.18. The second-order valence-electron chi connectivity index (χ2n) is 4.31. The molecule has 0 bridgehead atoms. The second kappa shape index (κ2) is 6.21. The summed E-state index contributed by atoms with van der Waals surface area (Å²) in [4.78, 5) is -0.00882. The van der Waals surface area contributed by atoms with Crippen molar-refractivity contribution in [1.82, 2.24) is 5.16 Å². The Morgan fingerprint density at radius 3 is 2.68 bits per heavy atom. The van der Waals surface area contributed by atoms with E-state index in [9.17, 15) is 17.2 Å². The van der Waals surface area contributed by atoms with Crippen LogP contribution in [0.25, 0.3) is 0 Å². The van der Waals surface area contributed by atoms with E-state index < -0.39 is 22.5 Å². The summed E-state index contributed by atoms with van der Waals surface area (Å²) in [7, 11) is -4.02. The highest BCUT2D eigenvalue weighted by Crippen LogP contribution is 2.31. The minimum absolute atomic E-state index is 0.00637. The normalized spacial score (nSPS) is 11.7. The van der Waals surface area contributed by atoms with Gasteiger partial charge in [-0.3, -0.25) is 4.72 Å². The molecule has 0 saturated carbocycles. The van der Waals surface area contributed by atoms with Gasteiger partial charge >= 0.3 is 6.61 Å². The lowest BCUT2D eigenvalue weighted by atomic mass is 10.2. The molecule has 0 radical (unpaired) electrons. The molecule has 0 atom stereocenters. The summed E-state index contributed by atoms with van der Waals surface area (Å²) >= 11 is 3.18. The Balaban J connectivity index is 2.41. The molecule has 1 aromatic carbocycles. The number of nitrogens with zero attached hydrogens (tertiary/aromatic N) is 1. The molecule has 0 amide bonds. The average Bonchev–Trinajstić information content (AvgIpc) is 2.73. The van der Waals surface area contributed by atoms with E-state index in [0.717, 1.165) is 0 Å². The fraction of sp³-hybridized carbons (Fsp3) is 0.250. The lowest BCUT2D eigenvalue weighted by Crippen LogP contribution is -2.16. The van der Waals surface area contributed by atoms with Crippen LogP contribution in [0.1, 0.15) is 11.3 Å². The zero-order chi connectivity index (χ0) is 16.5. The summed E-state index contributed by atoms with van der Waals surface area (Å²) in [5.74, 6) is -0.615. The number of ether oxygens (including phenoxy) is 1. The number of aromatic nitrogens is 1. The summed E-state index contributed by atoms with van der Waals surface area (Å²) < 4.78 is 61.0. The standard InChI is InChI=1S/C12H11BrF2N2O4S/c1-6-3-4-8(13)5-9(6)22(18,19)17-10-7(2)21-16-11(10)20-12(14)15/h3-5,12,17H,1-2H3. The summed E-state index contributed by atoms with van der Waals surface area (Å²) in [6.07, 6.45) is 0. The van der Waals surface area contributed by atoms with Crippen LogP contribution in [0.2, 0.25) is 0 Å². The topological polar surface area (TPSA) is 81.4 Å². The molecule has 120 valence electrons. The van der Waals surface area contributed by atoms with Crippen LogP contribution in [0.5, 0.6) is 5.88 Å². The predicted octanol–water partition coefficient (Wildman–Crippen LogP) is 3.46. The monoisotopic (exact) mass is 396 g/mol. The van der Waals surface area contributed by atoms with Crippen molar-refractivity contribution in [3.05, 3.63) is 34.0 Å². The summed E-state index contributed by atoms with van der Waals surface area (Å²) in [5.41, 5.74) is 0.223. The van der Waals surface area contributed by atoms with Crippen molar-refractivity contribution < 1.29 is 26.5 Å². The lowest BCUT2D eigenvalue weighted by Gasteiger charge is -2.11. The van der Waals surface area contributed by atoms with Gasteiger partial charge in [-0.2, -0.15) is 8.78 Å². The maximum atomic E-state index is 12.4. The van der Waals surface area contributed by atoms with Crippen LogP contribution < -0.4 is 9.46 Å². The first kappa shape index (κ1) is 16.7. The molecule has 0 saturated heterocycles. The Morgan fingerprint density at radius 1 is 1.36 bits per heavy atom. The number of nitrogens with one attached hydrogen (secondary N) is 1. The van der Waals surface area contributed by atoms with Crippen molar-refractivity contribution in [2.24, 2.45) is 0 Å². The second-order valence-corrected chi connectivity index (χ2v) is 6.88. The van der Waals surface area contributed by atoms with Crippen LogP contribution in [0.15, 0.2) is 32.1 Å². The number of alkyl halides is 2. The van der Waals surface area contributed by atoms with Crippen LogP contribution in [-0.2, 0) is 10.0 Å². The quantitative estimate of drug-likeness (QED) is 0.836. The Bertz CT molecular complexity index is 792. The largest absolute Gasteiger partial charge is 0.412 e. The number of hydrogen-bond donors (Lipinski definition) is 1. The molecule has 6 nitrogen and oxygen atoms in total. The molecule has 10 heteroatoms. The van der Waals surface area contributed by atoms with E-state index in [0.29, 0.717) is 10.0 Å². The van der Waals surface area contributed by atoms with Gasteiger partial charge in [-0.15, -0.1) is 0 Å². The molecular formula is C12H11BrF2N2O4S. The number of sulfonamides is 1. The Kier molecular flexibility index (Phi) is 4.71. The van der Waals surface area contributed by atoms with E-state index >= 15 is 0 Å². The maximum absolute atomic E-state index is 12.4. The smallest absolute Gasteiger partial charge is 0.388 e. The third-order valence-electron chi connectivity index (χ3n) is 2.71. The maximum Gasteiger partial charge on any atom is 0.388 e. The van der Waals surface area contributed by atoms with E-state index in [1.54, 1.807) is 19.1 Å². The Labute approximate surface area is 133 Å². The highest BCUT2D eigenvalue weighted by Gasteiger charge is 2.25. The molecule has 1 aromatic heterocycles. The number of hydrogen-bond acceptors (Lipinski definition) is 5. The molecule has 22 heavy (non-hydrogen) atoms. The minimum Gasteiger partial charge on any atom is -0.412 e. The van der Waals surface area contributed by atoms with Crippen LogP contribution in [0.4, 0.5) is 14.5 Å². The molecule has 2 rings (SSSR count). The average molecular weight is 397 g/mol. The number of halogens is 3. The summed E-state index contributed by atoms with van der Waals surface area (Å²) in [5, 5.41) is 3.26. The van der Waals surface area contributed by atoms with E-state index in [4.69, 9.17) is 0 Å². The third-order valence-corrected chi connectivity index (χ3v) is 4.69. The molecular weight excluding hydrogens is 386 g/mol. The van der Waals surface area contributed by atoms with E-state index in [1.807, 2.05) is 0 Å². The van der Waals surface area contributed by atoms with Crippen molar-refractivity contribution in [2.75, 3.05) is 4.72 Å². The molecule has 2 aromatic rings. The zero-order valence-corrected chi connectivity index (χ0v) is 13.8. The Hall–Kier alpha value is -1.68. The molecule has 1 N–H and O–H groups in total. The van der Waals surface area contributed by atoms with E-state index in [-0.39, 0.29) is 16.3 Å². The van der Waals surface area contributed by atoms with Crippen LogP contribution >= 0.6 is 15.9 Å². The Morgan fingerprint density at radius 2 is 2.05 bits per heavy atom. The van der Waals surface area contributed by atoms with Crippen LogP contribution in [-0.4, -0.2) is 20.2 Å². The molecule has 0 aliphatic carbocycles. The molecule has 1 heterocycles. The minimum atomic E-state index is -4.02. The molecule has 0 unspecified atom stereocenters. The first-order chi connectivity index (χ1) is 10.2. The fourth-order valence-electron chi connectivity index (χ4n) is 1.68. The van der Waals surface area contributed by atoms with Crippen LogP contribution in [0.3, 0.4) is 0 Å². The highest BCUT2D eigenvalue weighted by molar-refractivity contribution is 9.10. The van der Waals surface area contributed by atoms with Gasteiger partial charge in [0.15, 0.2) is 11.4 Å². The predicted molar refractivity (Wildman–Crippen MR) is 77.6 cm³/mol. The lowest BCUT2D eigenvalue weighted by molar-refractivity contribution is -0.0541. The van der Waals surface area contributed by atoms with Gasteiger partial charge in [0.1, 0.15) is 0 Å². The van der Waals surface area contributed by atoms with Crippen molar-refractivity contribution in [3.63, 3.8) is 0 Å².